The van der Waals surface area contributed by atoms with Crippen molar-refractivity contribution in [1.82, 2.24) is 0 Å². The van der Waals surface area contributed by atoms with Gasteiger partial charge in [0.05, 0.1) is 6.61 Å². The molecule has 0 radical (unpaired) electrons. The minimum atomic E-state index is -4.60. The van der Waals surface area contributed by atoms with Crippen LogP contribution in [0, 0.1) is 5.92 Å². The minimum Gasteiger partial charge on any atom is -0.507 e. The van der Waals surface area contributed by atoms with Gasteiger partial charge in [0, 0.05) is 11.5 Å². The number of allylic oxidation sites excluding steroid dienone is 3. The zero-order valence-electron chi connectivity index (χ0n) is 26.2. The smallest absolute Gasteiger partial charge is 0.473 e. The average molecular weight is 613 g/mol. The Bertz CT molecular complexity index is 1290. The Morgan fingerprint density at radius 1 is 1.07 bits per heavy atom. The number of ether oxygens (including phenoxy) is 1. The molecule has 0 saturated carbocycles. The second kappa shape index (κ2) is 17.0. The van der Waals surface area contributed by atoms with Crippen molar-refractivity contribution in [3.63, 3.8) is 0 Å². The van der Waals surface area contributed by atoms with Crippen LogP contribution in [0.15, 0.2) is 66.3 Å². The van der Waals surface area contributed by atoms with Crippen LogP contribution in [0.25, 0.3) is 0 Å². The summed E-state index contributed by atoms with van der Waals surface area (Å²) in [6.45, 7) is 12.3. The average Bonchev–Trinajstić information content (AvgIpc) is 2.96. The molecule has 0 aromatic heterocycles. The van der Waals surface area contributed by atoms with Crippen molar-refractivity contribution in [2.75, 3.05) is 0 Å². The molecular formula is C35H49O7P. The van der Waals surface area contributed by atoms with E-state index in [0.717, 1.165) is 56.1 Å². The summed E-state index contributed by atoms with van der Waals surface area (Å²) in [5, 5.41) is 11.3. The molecule has 0 bridgehead atoms. The number of unbranched alkanes of at least 4 members (excludes halogenated alkanes) is 4. The van der Waals surface area contributed by atoms with Crippen molar-refractivity contribution >= 4 is 13.8 Å². The molecule has 0 fully saturated rings. The van der Waals surface area contributed by atoms with E-state index >= 15 is 0 Å². The molecule has 7 nitrogen and oxygen atoms in total. The van der Waals surface area contributed by atoms with E-state index in [1.165, 1.54) is 5.57 Å². The summed E-state index contributed by atoms with van der Waals surface area (Å²) in [7, 11) is -4.60. The highest BCUT2D eigenvalue weighted by molar-refractivity contribution is 7.47. The van der Waals surface area contributed by atoms with Gasteiger partial charge in [-0.05, 0) is 68.7 Å². The van der Waals surface area contributed by atoms with E-state index in [1.807, 2.05) is 19.9 Å². The lowest BCUT2D eigenvalue weighted by molar-refractivity contribution is -0.143. The maximum absolute atomic E-state index is 13.7. The molecule has 8 heteroatoms. The second-order valence-corrected chi connectivity index (χ2v) is 13.2. The molecular weight excluding hydrogens is 563 g/mol. The van der Waals surface area contributed by atoms with Crippen LogP contribution < -0.4 is 4.74 Å². The first kappa shape index (κ1) is 34.8. The van der Waals surface area contributed by atoms with Gasteiger partial charge in [-0.2, -0.15) is 0 Å². The molecule has 1 aliphatic rings. The van der Waals surface area contributed by atoms with E-state index in [0.29, 0.717) is 24.0 Å². The summed E-state index contributed by atoms with van der Waals surface area (Å²) in [6.07, 6.45) is 8.96. The van der Waals surface area contributed by atoms with Gasteiger partial charge in [-0.15, -0.1) is 0 Å². The lowest BCUT2D eigenvalue weighted by Crippen LogP contribution is -2.29. The summed E-state index contributed by atoms with van der Waals surface area (Å²) in [6, 6.07) is 12.5. The summed E-state index contributed by atoms with van der Waals surface area (Å²) in [5.41, 5.74) is 4.25. The first-order valence-corrected chi connectivity index (χ1v) is 17.1. The standard InChI is InChI=1S/C35H49O7P/c1-6-8-9-10-14-18-32(42-43(38,39)40-24-27-16-12-11-13-17-27)35(37)41-33-23-28(15-7-2)22-31(36)34(33)30-21-26(5)19-20-29(30)25(3)4/h11-13,16-17,21-23,29-30,32,36H,3,6-10,14-15,18-20,24H2,1-2,4-5H3,(H,38,39)/t29-,30+,32?/m0/s1. The lowest BCUT2D eigenvalue weighted by Gasteiger charge is -2.32. The van der Waals surface area contributed by atoms with Gasteiger partial charge in [-0.25, -0.2) is 9.36 Å². The second-order valence-electron chi connectivity index (χ2n) is 11.8. The number of aryl methyl sites for hydroxylation is 1. The topological polar surface area (TPSA) is 102 Å². The van der Waals surface area contributed by atoms with Crippen LogP contribution in [0.4, 0.5) is 0 Å². The Hall–Kier alpha value is -2.70. The van der Waals surface area contributed by atoms with Crippen molar-refractivity contribution in [3.8, 4) is 11.5 Å². The molecule has 2 aromatic rings. The number of hydrogen-bond acceptors (Lipinski definition) is 6. The first-order chi connectivity index (χ1) is 20.5. The molecule has 0 heterocycles. The highest BCUT2D eigenvalue weighted by atomic mass is 31.2. The van der Waals surface area contributed by atoms with Crippen molar-refractivity contribution in [2.24, 2.45) is 5.92 Å². The fraction of sp³-hybridized carbons (Fsp3) is 0.514. The van der Waals surface area contributed by atoms with Gasteiger partial charge in [0.1, 0.15) is 11.5 Å². The SMILES string of the molecule is C=C(C)[C@@H]1CCC(C)=C[C@H]1c1c(O)cc(CCC)cc1OC(=O)C(CCCCCCC)OP(=O)(O)OCc1ccccc1. The molecule has 4 atom stereocenters. The molecule has 3 rings (SSSR count). The van der Waals surface area contributed by atoms with Crippen molar-refractivity contribution in [1.29, 1.82) is 0 Å². The van der Waals surface area contributed by atoms with Crippen LogP contribution in [-0.2, 0) is 31.4 Å². The molecule has 2 N–H and O–H groups in total. The van der Waals surface area contributed by atoms with Crippen LogP contribution in [0.2, 0.25) is 0 Å². The van der Waals surface area contributed by atoms with E-state index in [1.54, 1.807) is 36.4 Å². The van der Waals surface area contributed by atoms with Gasteiger partial charge in [0.15, 0.2) is 6.10 Å². The summed E-state index contributed by atoms with van der Waals surface area (Å²) in [5.74, 6) is -0.638. The predicted octanol–water partition coefficient (Wildman–Crippen LogP) is 9.33. The Kier molecular flexibility index (Phi) is 13.7. The number of hydrogen-bond donors (Lipinski definition) is 2. The Morgan fingerprint density at radius 2 is 1.79 bits per heavy atom. The van der Waals surface area contributed by atoms with E-state index in [-0.39, 0.29) is 36.4 Å². The maximum Gasteiger partial charge on any atom is 0.473 e. The van der Waals surface area contributed by atoms with E-state index in [4.69, 9.17) is 13.8 Å². The molecule has 2 aromatic carbocycles. The third kappa shape index (κ3) is 10.8. The quantitative estimate of drug-likeness (QED) is 0.0603. The largest absolute Gasteiger partial charge is 0.507 e. The molecule has 43 heavy (non-hydrogen) atoms. The number of phenols is 1. The fourth-order valence-corrected chi connectivity index (χ4v) is 6.55. The van der Waals surface area contributed by atoms with Gasteiger partial charge >= 0.3 is 13.8 Å². The van der Waals surface area contributed by atoms with Crippen molar-refractivity contribution < 1.29 is 33.1 Å². The van der Waals surface area contributed by atoms with Crippen LogP contribution >= 0.6 is 7.82 Å². The van der Waals surface area contributed by atoms with Crippen LogP contribution in [0.5, 0.6) is 11.5 Å². The Labute approximate surface area is 257 Å². The van der Waals surface area contributed by atoms with Gasteiger partial charge < -0.3 is 14.7 Å². The normalized spacial score (nSPS) is 18.9. The van der Waals surface area contributed by atoms with Crippen molar-refractivity contribution in [3.05, 3.63) is 83.0 Å². The third-order valence-corrected chi connectivity index (χ3v) is 8.95. The number of carbonyl (C=O) groups is 1. The molecule has 0 saturated heterocycles. The van der Waals surface area contributed by atoms with E-state index < -0.39 is 19.9 Å². The first-order valence-electron chi connectivity index (χ1n) is 15.6. The number of rotatable bonds is 17. The minimum absolute atomic E-state index is 0.0620. The van der Waals surface area contributed by atoms with Crippen LogP contribution in [-0.4, -0.2) is 22.1 Å². The number of benzene rings is 2. The third-order valence-electron chi connectivity index (χ3n) is 7.97. The zero-order valence-corrected chi connectivity index (χ0v) is 27.1. The molecule has 0 spiro atoms. The number of aromatic hydroxyl groups is 1. The van der Waals surface area contributed by atoms with Gasteiger partial charge in [0.25, 0.3) is 0 Å². The highest BCUT2D eigenvalue weighted by Crippen LogP contribution is 2.48. The Morgan fingerprint density at radius 3 is 2.47 bits per heavy atom. The summed E-state index contributed by atoms with van der Waals surface area (Å²) < 4.78 is 29.8. The van der Waals surface area contributed by atoms with Gasteiger partial charge in [-0.3, -0.25) is 9.05 Å². The van der Waals surface area contributed by atoms with Gasteiger partial charge in [-0.1, -0.05) is 107 Å². The van der Waals surface area contributed by atoms with E-state index in [9.17, 15) is 19.4 Å². The van der Waals surface area contributed by atoms with Crippen molar-refractivity contribution in [2.45, 2.75) is 111 Å². The number of phosphoric ester groups is 1. The molecule has 236 valence electrons. The maximum atomic E-state index is 13.7. The number of carbonyl (C=O) groups excluding carboxylic acids is 1. The summed E-state index contributed by atoms with van der Waals surface area (Å²) >= 11 is 0. The molecule has 1 aliphatic carbocycles. The molecule has 2 unspecified atom stereocenters. The van der Waals surface area contributed by atoms with Gasteiger partial charge in [0.2, 0.25) is 0 Å². The zero-order chi connectivity index (χ0) is 31.4. The molecule has 0 aliphatic heterocycles. The predicted molar refractivity (Wildman–Crippen MR) is 171 cm³/mol. The monoisotopic (exact) mass is 612 g/mol. The summed E-state index contributed by atoms with van der Waals surface area (Å²) in [4.78, 5) is 24.3. The molecule has 0 amide bonds. The number of phosphoric acid groups is 1. The number of phenolic OH excluding ortho intramolecular Hbond substituents is 1. The Balaban J connectivity index is 1.91. The fourth-order valence-electron chi connectivity index (χ4n) is 5.67. The van der Waals surface area contributed by atoms with Crippen LogP contribution in [0.3, 0.4) is 0 Å². The highest BCUT2D eigenvalue weighted by Gasteiger charge is 2.35. The van der Waals surface area contributed by atoms with Crippen LogP contribution in [0.1, 0.15) is 108 Å². The van der Waals surface area contributed by atoms with E-state index in [2.05, 4.69) is 26.5 Å². The number of esters is 1. The lowest BCUT2D eigenvalue weighted by atomic mass is 9.73.